The third-order valence-electron chi connectivity index (χ3n) is 3.73. The summed E-state index contributed by atoms with van der Waals surface area (Å²) in [6, 6.07) is 15.2. The fourth-order valence-electron chi connectivity index (χ4n) is 2.60. The molecule has 0 atom stereocenters. The van der Waals surface area contributed by atoms with Crippen molar-refractivity contribution in [3.05, 3.63) is 66.2 Å². The molecule has 0 aliphatic heterocycles. The van der Waals surface area contributed by atoms with Crippen molar-refractivity contribution in [2.45, 2.75) is 6.92 Å². The number of aryl methyl sites for hydroxylation is 1. The SMILES string of the molecule is Cc1c(C(=O)Nn2cnc3ccccc32)oc2ccccc12. The van der Waals surface area contributed by atoms with E-state index < -0.39 is 0 Å². The van der Waals surface area contributed by atoms with Gasteiger partial charge in [-0.05, 0) is 25.1 Å². The van der Waals surface area contributed by atoms with Gasteiger partial charge in [0.15, 0.2) is 5.76 Å². The van der Waals surface area contributed by atoms with Gasteiger partial charge in [-0.3, -0.25) is 10.2 Å². The van der Waals surface area contributed by atoms with E-state index in [0.717, 1.165) is 22.0 Å². The molecule has 4 aromatic rings. The number of nitrogens with one attached hydrogen (secondary N) is 1. The van der Waals surface area contributed by atoms with Gasteiger partial charge < -0.3 is 4.42 Å². The van der Waals surface area contributed by atoms with E-state index in [1.165, 1.54) is 0 Å². The van der Waals surface area contributed by atoms with Crippen LogP contribution in [0.2, 0.25) is 0 Å². The Kier molecular flexibility index (Phi) is 2.72. The quantitative estimate of drug-likeness (QED) is 0.615. The van der Waals surface area contributed by atoms with Crippen molar-refractivity contribution in [3.63, 3.8) is 0 Å². The van der Waals surface area contributed by atoms with Gasteiger partial charge in [-0.25, -0.2) is 9.66 Å². The largest absolute Gasteiger partial charge is 0.451 e. The van der Waals surface area contributed by atoms with Crippen LogP contribution < -0.4 is 5.43 Å². The first-order valence-corrected chi connectivity index (χ1v) is 6.95. The predicted octanol–water partition coefficient (Wildman–Crippen LogP) is 3.47. The number of carbonyl (C=O) groups excluding carboxylic acids is 1. The standard InChI is InChI=1S/C17H13N3O2/c1-11-12-6-2-5-9-15(12)22-16(11)17(21)19-20-10-18-13-7-3-4-8-14(13)20/h2-10H,1H3,(H,19,21). The topological polar surface area (TPSA) is 60.1 Å². The van der Waals surface area contributed by atoms with E-state index in [1.807, 2.05) is 55.5 Å². The summed E-state index contributed by atoms with van der Waals surface area (Å²) in [5.41, 5.74) is 6.01. The van der Waals surface area contributed by atoms with Gasteiger partial charge >= 0.3 is 5.91 Å². The fourth-order valence-corrected chi connectivity index (χ4v) is 2.60. The van der Waals surface area contributed by atoms with E-state index in [0.29, 0.717) is 11.3 Å². The van der Waals surface area contributed by atoms with Crippen molar-refractivity contribution in [3.8, 4) is 0 Å². The van der Waals surface area contributed by atoms with Gasteiger partial charge in [-0.1, -0.05) is 30.3 Å². The molecule has 0 bridgehead atoms. The zero-order chi connectivity index (χ0) is 15.1. The molecule has 1 N–H and O–H groups in total. The first-order chi connectivity index (χ1) is 10.7. The van der Waals surface area contributed by atoms with E-state index in [2.05, 4.69) is 10.4 Å². The van der Waals surface area contributed by atoms with Crippen LogP contribution >= 0.6 is 0 Å². The average Bonchev–Trinajstić information content (AvgIpc) is 3.10. The number of benzene rings is 2. The Hall–Kier alpha value is -3.08. The number of hydrogen-bond acceptors (Lipinski definition) is 3. The summed E-state index contributed by atoms with van der Waals surface area (Å²) < 4.78 is 7.28. The van der Waals surface area contributed by atoms with Gasteiger partial charge in [0.05, 0.1) is 11.0 Å². The number of imidazole rings is 1. The fraction of sp³-hybridized carbons (Fsp3) is 0.0588. The Morgan fingerprint density at radius 1 is 1.14 bits per heavy atom. The van der Waals surface area contributed by atoms with Crippen molar-refractivity contribution in [1.82, 2.24) is 9.66 Å². The third-order valence-corrected chi connectivity index (χ3v) is 3.73. The molecule has 2 aromatic carbocycles. The number of para-hydroxylation sites is 3. The number of fused-ring (bicyclic) bond motifs is 2. The first-order valence-electron chi connectivity index (χ1n) is 6.95. The number of amides is 1. The van der Waals surface area contributed by atoms with Crippen molar-refractivity contribution in [1.29, 1.82) is 0 Å². The van der Waals surface area contributed by atoms with Gasteiger partial charge in [0, 0.05) is 10.9 Å². The van der Waals surface area contributed by atoms with Gasteiger partial charge in [-0.2, -0.15) is 0 Å². The van der Waals surface area contributed by atoms with Crippen LogP contribution in [-0.2, 0) is 0 Å². The predicted molar refractivity (Wildman–Crippen MR) is 84.4 cm³/mol. The molecule has 0 fully saturated rings. The zero-order valence-corrected chi connectivity index (χ0v) is 11.9. The molecule has 2 aromatic heterocycles. The summed E-state index contributed by atoms with van der Waals surface area (Å²) in [6.07, 6.45) is 1.58. The molecule has 5 heteroatoms. The van der Waals surface area contributed by atoms with Crippen LogP contribution in [0.25, 0.3) is 22.0 Å². The molecule has 0 aliphatic carbocycles. The summed E-state index contributed by atoms with van der Waals surface area (Å²) in [5, 5.41) is 0.947. The van der Waals surface area contributed by atoms with Gasteiger partial charge in [-0.15, -0.1) is 0 Å². The molecule has 0 spiro atoms. The lowest BCUT2D eigenvalue weighted by Gasteiger charge is -2.05. The number of nitrogens with zero attached hydrogens (tertiary/aromatic N) is 2. The molecule has 0 radical (unpaired) electrons. The molecule has 22 heavy (non-hydrogen) atoms. The molecule has 4 rings (SSSR count). The Bertz CT molecular complexity index is 997. The van der Waals surface area contributed by atoms with Crippen molar-refractivity contribution >= 4 is 27.9 Å². The minimum Gasteiger partial charge on any atom is -0.451 e. The van der Waals surface area contributed by atoms with E-state index in [4.69, 9.17) is 4.42 Å². The Labute approximate surface area is 126 Å². The number of aromatic nitrogens is 2. The molecule has 0 unspecified atom stereocenters. The second-order valence-corrected chi connectivity index (χ2v) is 5.10. The molecular formula is C17H13N3O2. The van der Waals surface area contributed by atoms with Crippen LogP contribution in [0.15, 0.2) is 59.3 Å². The van der Waals surface area contributed by atoms with E-state index >= 15 is 0 Å². The van der Waals surface area contributed by atoms with Gasteiger partial charge in [0.25, 0.3) is 0 Å². The second kappa shape index (κ2) is 4.73. The minimum absolute atomic E-state index is 0.295. The van der Waals surface area contributed by atoms with Crippen LogP contribution in [0.3, 0.4) is 0 Å². The van der Waals surface area contributed by atoms with Crippen LogP contribution in [0.4, 0.5) is 0 Å². The van der Waals surface area contributed by atoms with Crippen LogP contribution in [-0.4, -0.2) is 15.6 Å². The maximum absolute atomic E-state index is 12.5. The number of rotatable bonds is 2. The van der Waals surface area contributed by atoms with Gasteiger partial charge in [0.1, 0.15) is 11.9 Å². The van der Waals surface area contributed by atoms with Crippen LogP contribution in [0, 0.1) is 6.92 Å². The highest BCUT2D eigenvalue weighted by atomic mass is 16.3. The van der Waals surface area contributed by atoms with E-state index in [-0.39, 0.29) is 5.91 Å². The number of carbonyl (C=O) groups is 1. The molecular weight excluding hydrogens is 278 g/mol. The zero-order valence-electron chi connectivity index (χ0n) is 11.9. The summed E-state index contributed by atoms with van der Waals surface area (Å²) >= 11 is 0. The number of hydrogen-bond donors (Lipinski definition) is 1. The Morgan fingerprint density at radius 2 is 1.91 bits per heavy atom. The highest BCUT2D eigenvalue weighted by Gasteiger charge is 2.18. The lowest BCUT2D eigenvalue weighted by atomic mass is 10.1. The third kappa shape index (κ3) is 1.87. The van der Waals surface area contributed by atoms with Crippen molar-refractivity contribution < 1.29 is 9.21 Å². The molecule has 108 valence electrons. The van der Waals surface area contributed by atoms with E-state index in [1.54, 1.807) is 11.0 Å². The Balaban J connectivity index is 1.73. The second-order valence-electron chi connectivity index (χ2n) is 5.10. The highest BCUT2D eigenvalue weighted by Crippen LogP contribution is 2.25. The molecule has 0 aliphatic rings. The summed E-state index contributed by atoms with van der Waals surface area (Å²) in [6.45, 7) is 1.88. The summed E-state index contributed by atoms with van der Waals surface area (Å²) in [7, 11) is 0. The highest BCUT2D eigenvalue weighted by molar-refractivity contribution is 6.03. The monoisotopic (exact) mass is 291 g/mol. The maximum Gasteiger partial charge on any atom is 0.306 e. The van der Waals surface area contributed by atoms with E-state index in [9.17, 15) is 4.79 Å². The summed E-state index contributed by atoms with van der Waals surface area (Å²) in [4.78, 5) is 16.7. The number of furan rings is 1. The molecule has 1 amide bonds. The molecule has 5 nitrogen and oxygen atoms in total. The Morgan fingerprint density at radius 3 is 2.77 bits per heavy atom. The average molecular weight is 291 g/mol. The smallest absolute Gasteiger partial charge is 0.306 e. The van der Waals surface area contributed by atoms with Crippen LogP contribution in [0.5, 0.6) is 0 Å². The normalized spacial score (nSPS) is 11.1. The van der Waals surface area contributed by atoms with Crippen molar-refractivity contribution in [2.24, 2.45) is 0 Å². The van der Waals surface area contributed by atoms with Gasteiger partial charge in [0.2, 0.25) is 0 Å². The van der Waals surface area contributed by atoms with Crippen LogP contribution in [0.1, 0.15) is 16.1 Å². The lowest BCUT2D eigenvalue weighted by molar-refractivity contribution is 0.0983. The maximum atomic E-state index is 12.5. The lowest BCUT2D eigenvalue weighted by Crippen LogP contribution is -2.22. The molecule has 0 saturated carbocycles. The summed E-state index contributed by atoms with van der Waals surface area (Å²) in [5.74, 6) is 0.0239. The molecule has 2 heterocycles. The first kappa shape index (κ1) is 12.6. The van der Waals surface area contributed by atoms with Crippen molar-refractivity contribution in [2.75, 3.05) is 5.43 Å². The minimum atomic E-state index is -0.295. The molecule has 0 saturated heterocycles.